The summed E-state index contributed by atoms with van der Waals surface area (Å²) >= 11 is 1.28. The number of halogens is 1. The first-order valence-corrected chi connectivity index (χ1v) is 9.15. The van der Waals surface area contributed by atoms with E-state index in [9.17, 15) is 14.0 Å². The largest absolute Gasteiger partial charge is 0.462 e. The van der Waals surface area contributed by atoms with Gasteiger partial charge in [0.1, 0.15) is 13.7 Å². The molecule has 0 aromatic heterocycles. The lowest BCUT2D eigenvalue weighted by atomic mass is 9.85. The minimum Gasteiger partial charge on any atom is -0.462 e. The first-order valence-electron chi connectivity index (χ1n) is 8.16. The molecule has 0 aliphatic carbocycles. The van der Waals surface area contributed by atoms with Crippen LogP contribution in [0.15, 0.2) is 42.5 Å². The number of benzene rings is 2. The number of aryl methyl sites for hydroxylation is 1. The molecule has 1 atom stereocenters. The molecule has 0 saturated carbocycles. The van der Waals surface area contributed by atoms with Gasteiger partial charge in [-0.3, -0.25) is 4.79 Å². The monoisotopic (exact) mass is 369 g/mol. The Balaban J connectivity index is 2.01. The normalized spacial score (nSPS) is 19.7. The van der Waals surface area contributed by atoms with Crippen LogP contribution in [0.25, 0.3) is 0 Å². The number of ether oxygens (including phenoxy) is 1. The van der Waals surface area contributed by atoms with Crippen LogP contribution >= 0.6 is 11.8 Å². The number of rotatable bonds is 4. The van der Waals surface area contributed by atoms with Gasteiger partial charge in [0.2, 0.25) is 5.91 Å². The Labute approximate surface area is 157 Å². The summed E-state index contributed by atoms with van der Waals surface area (Å²) in [4.78, 5) is 26.0. The average molecular weight is 369 g/mol. The maximum Gasteiger partial charge on any atom is 0.338 e. The highest BCUT2D eigenvalue weighted by atomic mass is 32.2. The summed E-state index contributed by atoms with van der Waals surface area (Å²) in [5, 5.41) is 0. The van der Waals surface area contributed by atoms with Crippen molar-refractivity contribution in [1.82, 2.24) is 0 Å². The van der Waals surface area contributed by atoms with E-state index in [0.29, 0.717) is 16.8 Å². The zero-order valence-electron chi connectivity index (χ0n) is 14.5. The maximum atomic E-state index is 13.3. The Morgan fingerprint density at radius 1 is 1.31 bits per heavy atom. The van der Waals surface area contributed by atoms with Crippen LogP contribution in [-0.2, 0) is 14.3 Å². The molecular weight excluding hydrogens is 352 g/mol. The van der Waals surface area contributed by atoms with E-state index in [1.807, 2.05) is 0 Å². The van der Waals surface area contributed by atoms with Crippen molar-refractivity contribution in [3.05, 3.63) is 65.0 Å². The lowest BCUT2D eigenvalue weighted by Crippen LogP contribution is -2.43. The second kappa shape index (κ2) is 7.15. The molecule has 1 unspecified atom stereocenters. The Hall–Kier alpha value is -2.28. The van der Waals surface area contributed by atoms with Gasteiger partial charge in [0.25, 0.3) is 0 Å². The van der Waals surface area contributed by atoms with Crippen molar-refractivity contribution in [3.8, 4) is 0 Å². The number of hydrogen-bond acceptors (Lipinski definition) is 4. The fourth-order valence-electron chi connectivity index (χ4n) is 2.95. The van der Waals surface area contributed by atoms with Crippen LogP contribution in [-0.4, -0.2) is 32.1 Å². The summed E-state index contributed by atoms with van der Waals surface area (Å²) in [7, 11) is 6.57. The third-order valence-corrected chi connectivity index (χ3v) is 5.45. The standard InChI is InChI=1S/C19H17BFNO3S/c1-3-25-18(24)13-4-9-16(12(2)10-13)22-17(23)11-26-19(22,20)14-5-7-15(21)8-6-14/h4-10H,3,11H2,1-2H3. The number of carbonyl (C=O) groups is 2. The first kappa shape index (κ1) is 18.5. The molecule has 3 rings (SSSR count). The maximum absolute atomic E-state index is 13.3. The molecule has 1 amide bonds. The van der Waals surface area contributed by atoms with Gasteiger partial charge >= 0.3 is 5.97 Å². The lowest BCUT2D eigenvalue weighted by Gasteiger charge is -2.36. The number of carbonyl (C=O) groups excluding carboxylic acids is 2. The van der Waals surface area contributed by atoms with Crippen LogP contribution in [0.5, 0.6) is 0 Å². The van der Waals surface area contributed by atoms with Gasteiger partial charge in [-0.05, 0) is 55.3 Å². The summed E-state index contributed by atoms with van der Waals surface area (Å²) in [6.45, 7) is 3.83. The van der Waals surface area contributed by atoms with Crippen molar-refractivity contribution in [3.63, 3.8) is 0 Å². The van der Waals surface area contributed by atoms with Crippen LogP contribution in [0.4, 0.5) is 10.1 Å². The average Bonchev–Trinajstić information content (AvgIpc) is 2.92. The number of anilines is 1. The second-order valence-electron chi connectivity index (χ2n) is 5.94. The molecule has 132 valence electrons. The van der Waals surface area contributed by atoms with Gasteiger partial charge < -0.3 is 9.64 Å². The van der Waals surface area contributed by atoms with Crippen LogP contribution in [0.2, 0.25) is 0 Å². The molecule has 2 aromatic rings. The van der Waals surface area contributed by atoms with E-state index in [4.69, 9.17) is 12.6 Å². The van der Waals surface area contributed by atoms with Crippen molar-refractivity contribution >= 4 is 37.2 Å². The quantitative estimate of drug-likeness (QED) is 0.613. The van der Waals surface area contributed by atoms with E-state index in [1.54, 1.807) is 44.2 Å². The third kappa shape index (κ3) is 3.23. The predicted octanol–water partition coefficient (Wildman–Crippen LogP) is 3.37. The van der Waals surface area contributed by atoms with Crippen molar-refractivity contribution in [2.75, 3.05) is 17.3 Å². The summed E-state index contributed by atoms with van der Waals surface area (Å²) in [5.41, 5.74) is 2.38. The number of amides is 1. The fourth-order valence-corrected chi connectivity index (χ4v) is 4.05. The zero-order chi connectivity index (χ0) is 18.9. The molecule has 1 saturated heterocycles. The molecule has 4 nitrogen and oxygen atoms in total. The Bertz CT molecular complexity index is 858. The summed E-state index contributed by atoms with van der Waals surface area (Å²) in [6.07, 6.45) is 0. The van der Waals surface area contributed by atoms with E-state index >= 15 is 0 Å². The minimum absolute atomic E-state index is 0.145. The van der Waals surface area contributed by atoms with Gasteiger partial charge in [0.15, 0.2) is 0 Å². The van der Waals surface area contributed by atoms with E-state index in [1.165, 1.54) is 28.8 Å². The molecule has 2 aromatic carbocycles. The van der Waals surface area contributed by atoms with E-state index in [0.717, 1.165) is 5.56 Å². The molecule has 1 heterocycles. The number of nitrogens with zero attached hydrogens (tertiary/aromatic N) is 1. The molecule has 0 bridgehead atoms. The fraction of sp³-hybridized carbons (Fsp3) is 0.263. The molecule has 7 heteroatoms. The van der Waals surface area contributed by atoms with Gasteiger partial charge in [0, 0.05) is 5.69 Å². The Kier molecular flexibility index (Phi) is 5.09. The second-order valence-corrected chi connectivity index (χ2v) is 7.14. The highest BCUT2D eigenvalue weighted by Crippen LogP contribution is 2.46. The number of hydrogen-bond donors (Lipinski definition) is 0. The first-order chi connectivity index (χ1) is 12.4. The van der Waals surface area contributed by atoms with Gasteiger partial charge in [0.05, 0.1) is 22.7 Å². The van der Waals surface area contributed by atoms with Gasteiger partial charge in [-0.25, -0.2) is 9.18 Å². The molecule has 1 fully saturated rings. The van der Waals surface area contributed by atoms with Crippen LogP contribution < -0.4 is 4.90 Å². The van der Waals surface area contributed by atoms with Crippen molar-refractivity contribution < 1.29 is 18.7 Å². The summed E-state index contributed by atoms with van der Waals surface area (Å²) in [6, 6.07) is 10.8. The lowest BCUT2D eigenvalue weighted by molar-refractivity contribution is -0.116. The van der Waals surface area contributed by atoms with Gasteiger partial charge in [-0.1, -0.05) is 12.1 Å². The highest BCUT2D eigenvalue weighted by Gasteiger charge is 2.44. The van der Waals surface area contributed by atoms with Crippen molar-refractivity contribution in [2.45, 2.75) is 18.6 Å². The Morgan fingerprint density at radius 3 is 2.62 bits per heavy atom. The minimum atomic E-state index is -1.14. The van der Waals surface area contributed by atoms with E-state index in [-0.39, 0.29) is 24.1 Å². The zero-order valence-corrected chi connectivity index (χ0v) is 15.3. The van der Waals surface area contributed by atoms with Crippen molar-refractivity contribution in [1.29, 1.82) is 0 Å². The smallest absolute Gasteiger partial charge is 0.338 e. The molecule has 0 N–H and O–H groups in total. The van der Waals surface area contributed by atoms with Crippen LogP contribution in [0.3, 0.4) is 0 Å². The SMILES string of the molecule is [B]C1(c2ccc(F)cc2)SCC(=O)N1c1ccc(C(=O)OCC)cc1C. The molecule has 0 spiro atoms. The predicted molar refractivity (Wildman–Crippen MR) is 101 cm³/mol. The summed E-state index contributed by atoms with van der Waals surface area (Å²) in [5.74, 6) is -0.712. The molecule has 2 radical (unpaired) electrons. The molecule has 1 aliphatic heterocycles. The molecule has 1 aliphatic rings. The van der Waals surface area contributed by atoms with E-state index in [2.05, 4.69) is 0 Å². The van der Waals surface area contributed by atoms with Crippen LogP contribution in [0.1, 0.15) is 28.4 Å². The number of esters is 1. The third-order valence-electron chi connectivity index (χ3n) is 4.20. The number of thioether (sulfide) groups is 1. The summed E-state index contributed by atoms with van der Waals surface area (Å²) < 4.78 is 17.1. The highest BCUT2D eigenvalue weighted by molar-refractivity contribution is 8.02. The van der Waals surface area contributed by atoms with Gasteiger partial charge in [-0.15, -0.1) is 11.8 Å². The van der Waals surface area contributed by atoms with Gasteiger partial charge in [-0.2, -0.15) is 0 Å². The van der Waals surface area contributed by atoms with Crippen LogP contribution in [0, 0.1) is 12.7 Å². The Morgan fingerprint density at radius 2 is 2.00 bits per heavy atom. The molecular formula is C19H17BFNO3S. The van der Waals surface area contributed by atoms with Crippen molar-refractivity contribution in [2.24, 2.45) is 0 Å². The molecule has 26 heavy (non-hydrogen) atoms. The topological polar surface area (TPSA) is 46.6 Å². The van der Waals surface area contributed by atoms with E-state index < -0.39 is 10.7 Å².